The number of aryl methyl sites for hydroxylation is 2. The predicted octanol–water partition coefficient (Wildman–Crippen LogP) is 2.15. The molecule has 2 N–H and O–H groups in total. The normalized spacial score (nSPS) is 10.9. The summed E-state index contributed by atoms with van der Waals surface area (Å²) in [5.74, 6) is 0.598. The molecule has 0 bridgehead atoms. The maximum atomic E-state index is 12.0. The van der Waals surface area contributed by atoms with Crippen molar-refractivity contribution in [2.75, 3.05) is 5.32 Å². The van der Waals surface area contributed by atoms with Crippen LogP contribution in [0.3, 0.4) is 0 Å². The van der Waals surface area contributed by atoms with Crippen LogP contribution in [0.2, 0.25) is 0 Å². The van der Waals surface area contributed by atoms with Crippen LogP contribution in [0.25, 0.3) is 0 Å². The molecule has 2 rings (SSSR count). The smallest absolute Gasteiger partial charge is 0.254 e. The number of amides is 1. The third-order valence-corrected chi connectivity index (χ3v) is 3.81. The zero-order valence-electron chi connectivity index (χ0n) is 12.5. The summed E-state index contributed by atoms with van der Waals surface area (Å²) in [4.78, 5) is 35.0. The number of anilines is 1. The van der Waals surface area contributed by atoms with Gasteiger partial charge in [-0.05, 0) is 19.8 Å². The molecule has 112 valence electrons. The van der Waals surface area contributed by atoms with Gasteiger partial charge in [-0.3, -0.25) is 9.59 Å². The number of nitrogens with one attached hydrogen (secondary N) is 2. The van der Waals surface area contributed by atoms with Gasteiger partial charge in [0, 0.05) is 16.6 Å². The summed E-state index contributed by atoms with van der Waals surface area (Å²) in [6.45, 7) is 7.52. The Hall–Kier alpha value is -2.02. The number of aromatic amines is 1. The van der Waals surface area contributed by atoms with Crippen LogP contribution < -0.4 is 10.9 Å². The highest BCUT2D eigenvalue weighted by Gasteiger charge is 2.13. The summed E-state index contributed by atoms with van der Waals surface area (Å²) < 4.78 is 0. The summed E-state index contributed by atoms with van der Waals surface area (Å²) >= 11 is 1.38. The van der Waals surface area contributed by atoms with Gasteiger partial charge < -0.3 is 10.3 Å². The van der Waals surface area contributed by atoms with E-state index in [2.05, 4.69) is 20.3 Å². The molecule has 0 unspecified atom stereocenters. The highest BCUT2D eigenvalue weighted by molar-refractivity contribution is 7.13. The van der Waals surface area contributed by atoms with Crippen LogP contribution in [0.5, 0.6) is 0 Å². The monoisotopic (exact) mass is 306 g/mol. The fraction of sp³-hybridized carbons (Fsp3) is 0.429. The topological polar surface area (TPSA) is 87.7 Å². The minimum absolute atomic E-state index is 0.00889. The molecule has 0 fully saturated rings. The Labute approximate surface area is 126 Å². The van der Waals surface area contributed by atoms with Crippen LogP contribution in [-0.4, -0.2) is 20.9 Å². The van der Waals surface area contributed by atoms with E-state index in [9.17, 15) is 9.59 Å². The molecule has 0 radical (unpaired) electrons. The lowest BCUT2D eigenvalue weighted by Crippen LogP contribution is -2.24. The van der Waals surface area contributed by atoms with Gasteiger partial charge in [0.2, 0.25) is 5.91 Å². The number of aromatic nitrogens is 3. The standard InChI is InChI=1S/C14H18N4O2S/c1-7(2)11-6-21-14(17-11)18-12(19)5-10-8(3)15-9(4)16-13(10)20/h6-7H,5H2,1-4H3,(H,15,16,20)(H,17,18,19). The second kappa shape index (κ2) is 6.17. The van der Waals surface area contributed by atoms with Gasteiger partial charge in [0.1, 0.15) is 5.82 Å². The number of nitrogens with zero attached hydrogens (tertiary/aromatic N) is 2. The summed E-state index contributed by atoms with van der Waals surface area (Å²) in [6.07, 6.45) is -0.00889. The number of carbonyl (C=O) groups is 1. The molecular formula is C14H18N4O2S. The lowest BCUT2D eigenvalue weighted by molar-refractivity contribution is -0.115. The largest absolute Gasteiger partial charge is 0.311 e. The number of hydrogen-bond donors (Lipinski definition) is 2. The highest BCUT2D eigenvalue weighted by atomic mass is 32.1. The molecule has 0 aliphatic rings. The van der Waals surface area contributed by atoms with Crippen molar-refractivity contribution < 1.29 is 4.79 Å². The lowest BCUT2D eigenvalue weighted by Gasteiger charge is -2.05. The Kier molecular flexibility index (Phi) is 4.52. The van der Waals surface area contributed by atoms with Crippen molar-refractivity contribution in [1.82, 2.24) is 15.0 Å². The minimum Gasteiger partial charge on any atom is -0.311 e. The maximum absolute atomic E-state index is 12.0. The SMILES string of the molecule is Cc1nc(C)c(CC(=O)Nc2nc(C(C)C)cs2)c(=O)[nH]1. The van der Waals surface area contributed by atoms with Gasteiger partial charge in [-0.15, -0.1) is 11.3 Å². The molecule has 0 aliphatic heterocycles. The first-order valence-corrected chi connectivity index (χ1v) is 7.56. The van der Waals surface area contributed by atoms with Crippen LogP contribution in [0.4, 0.5) is 5.13 Å². The van der Waals surface area contributed by atoms with Crippen molar-refractivity contribution in [1.29, 1.82) is 0 Å². The zero-order valence-corrected chi connectivity index (χ0v) is 13.3. The summed E-state index contributed by atoms with van der Waals surface area (Å²) in [6, 6.07) is 0. The number of hydrogen-bond acceptors (Lipinski definition) is 5. The van der Waals surface area contributed by atoms with Crippen LogP contribution in [0.1, 0.15) is 42.5 Å². The average Bonchev–Trinajstić information content (AvgIpc) is 2.82. The van der Waals surface area contributed by atoms with E-state index in [1.165, 1.54) is 11.3 Å². The van der Waals surface area contributed by atoms with Gasteiger partial charge in [-0.1, -0.05) is 13.8 Å². The van der Waals surface area contributed by atoms with Gasteiger partial charge in [-0.2, -0.15) is 0 Å². The average molecular weight is 306 g/mol. The molecule has 7 heteroatoms. The Morgan fingerprint density at radius 1 is 1.38 bits per heavy atom. The van der Waals surface area contributed by atoms with E-state index in [4.69, 9.17) is 0 Å². The van der Waals surface area contributed by atoms with E-state index in [1.54, 1.807) is 13.8 Å². The Morgan fingerprint density at radius 3 is 2.67 bits per heavy atom. The molecule has 0 saturated heterocycles. The van der Waals surface area contributed by atoms with Crippen molar-refractivity contribution >= 4 is 22.4 Å². The summed E-state index contributed by atoms with van der Waals surface area (Å²) in [5, 5.41) is 5.20. The second-order valence-electron chi connectivity index (χ2n) is 5.17. The molecule has 21 heavy (non-hydrogen) atoms. The van der Waals surface area contributed by atoms with Crippen molar-refractivity contribution in [3.63, 3.8) is 0 Å². The first-order chi connectivity index (χ1) is 9.86. The van der Waals surface area contributed by atoms with Gasteiger partial charge in [0.05, 0.1) is 12.1 Å². The third kappa shape index (κ3) is 3.75. The number of carbonyl (C=O) groups excluding carboxylic acids is 1. The molecule has 2 heterocycles. The summed E-state index contributed by atoms with van der Waals surface area (Å²) in [7, 11) is 0. The van der Waals surface area contributed by atoms with Gasteiger partial charge in [0.25, 0.3) is 5.56 Å². The number of thiazole rings is 1. The fourth-order valence-corrected chi connectivity index (χ4v) is 2.78. The van der Waals surface area contributed by atoms with Crippen LogP contribution in [0, 0.1) is 13.8 Å². The molecular weight excluding hydrogens is 288 g/mol. The van der Waals surface area contributed by atoms with Crippen molar-refractivity contribution in [2.24, 2.45) is 0 Å². The first-order valence-electron chi connectivity index (χ1n) is 6.68. The van der Waals surface area contributed by atoms with Crippen molar-refractivity contribution in [3.8, 4) is 0 Å². The Morgan fingerprint density at radius 2 is 2.10 bits per heavy atom. The van der Waals surface area contributed by atoms with Crippen LogP contribution >= 0.6 is 11.3 Å². The molecule has 0 aliphatic carbocycles. The van der Waals surface area contributed by atoms with Gasteiger partial charge in [-0.25, -0.2) is 9.97 Å². The maximum Gasteiger partial charge on any atom is 0.254 e. The van der Waals surface area contributed by atoms with Crippen LogP contribution in [-0.2, 0) is 11.2 Å². The zero-order chi connectivity index (χ0) is 15.6. The Balaban J connectivity index is 2.10. The Bertz CT molecular complexity index is 718. The summed E-state index contributed by atoms with van der Waals surface area (Å²) in [5.41, 5.74) is 1.64. The fourth-order valence-electron chi connectivity index (χ4n) is 1.89. The molecule has 1 amide bonds. The quantitative estimate of drug-likeness (QED) is 0.906. The van der Waals surface area contributed by atoms with Gasteiger partial charge in [0.15, 0.2) is 5.13 Å². The van der Waals surface area contributed by atoms with E-state index in [1.807, 2.05) is 19.2 Å². The molecule has 0 saturated carbocycles. The van der Waals surface area contributed by atoms with Crippen molar-refractivity contribution in [2.45, 2.75) is 40.0 Å². The van der Waals surface area contributed by atoms with E-state index < -0.39 is 0 Å². The van der Waals surface area contributed by atoms with Crippen LogP contribution in [0.15, 0.2) is 10.2 Å². The van der Waals surface area contributed by atoms with E-state index in [0.717, 1.165) is 5.69 Å². The molecule has 6 nitrogen and oxygen atoms in total. The number of rotatable bonds is 4. The predicted molar refractivity (Wildman–Crippen MR) is 82.9 cm³/mol. The molecule has 2 aromatic heterocycles. The van der Waals surface area contributed by atoms with E-state index in [-0.39, 0.29) is 17.9 Å². The minimum atomic E-state index is -0.267. The highest BCUT2D eigenvalue weighted by Crippen LogP contribution is 2.21. The second-order valence-corrected chi connectivity index (χ2v) is 6.03. The lowest BCUT2D eigenvalue weighted by atomic mass is 10.1. The first kappa shape index (κ1) is 15.4. The number of H-pyrrole nitrogens is 1. The molecule has 0 spiro atoms. The van der Waals surface area contributed by atoms with E-state index in [0.29, 0.717) is 28.1 Å². The van der Waals surface area contributed by atoms with E-state index >= 15 is 0 Å². The molecule has 0 aromatic carbocycles. The van der Waals surface area contributed by atoms with Crippen molar-refractivity contribution in [3.05, 3.63) is 38.5 Å². The van der Waals surface area contributed by atoms with Gasteiger partial charge >= 0.3 is 0 Å². The molecule has 2 aromatic rings. The third-order valence-electron chi connectivity index (χ3n) is 3.04. The molecule has 0 atom stereocenters.